The number of carbonyl (C=O) groups excluding carboxylic acids is 1. The molecule has 6 nitrogen and oxygen atoms in total. The number of aliphatic hydroxyl groups is 1. The summed E-state index contributed by atoms with van der Waals surface area (Å²) in [4.78, 5) is 15.2. The first-order valence-electron chi connectivity index (χ1n) is 14.3. The van der Waals surface area contributed by atoms with Gasteiger partial charge in [-0.15, -0.1) is 0 Å². The van der Waals surface area contributed by atoms with Gasteiger partial charge in [-0.3, -0.25) is 0 Å². The largest absolute Gasteiger partial charge is 0.385 e. The van der Waals surface area contributed by atoms with Gasteiger partial charge in [0.25, 0.3) is 0 Å². The van der Waals surface area contributed by atoms with Crippen molar-refractivity contribution in [3.63, 3.8) is 0 Å². The predicted molar refractivity (Wildman–Crippen MR) is 147 cm³/mol. The van der Waals surface area contributed by atoms with E-state index in [2.05, 4.69) is 10.6 Å². The summed E-state index contributed by atoms with van der Waals surface area (Å²) in [6, 6.07) is 4.81. The Morgan fingerprint density at radius 2 is 2.03 bits per heavy atom. The van der Waals surface area contributed by atoms with E-state index in [1.54, 1.807) is 12.1 Å². The predicted octanol–water partition coefficient (Wildman–Crippen LogP) is 5.85. The summed E-state index contributed by atoms with van der Waals surface area (Å²) in [6.07, 6.45) is 10.7. The second-order valence-corrected chi connectivity index (χ2v) is 11.3. The number of hydrogen-bond acceptors (Lipinski definition) is 4. The van der Waals surface area contributed by atoms with Crippen molar-refractivity contribution in [1.82, 2.24) is 15.5 Å². The molecule has 2 fully saturated rings. The topological polar surface area (TPSA) is 73.8 Å². The second kappa shape index (κ2) is 15.2. The highest BCUT2D eigenvalue weighted by atomic mass is 35.5. The molecule has 0 aromatic heterocycles. The summed E-state index contributed by atoms with van der Waals surface area (Å²) < 4.78 is 20.7. The van der Waals surface area contributed by atoms with Crippen molar-refractivity contribution in [2.24, 2.45) is 11.8 Å². The lowest BCUT2D eigenvalue weighted by molar-refractivity contribution is -0.0589. The number of likely N-dealkylation sites (tertiary alicyclic amines) is 1. The van der Waals surface area contributed by atoms with E-state index in [9.17, 15) is 9.90 Å². The van der Waals surface area contributed by atoms with Gasteiger partial charge < -0.3 is 25.4 Å². The first kappa shape index (κ1) is 30.1. The van der Waals surface area contributed by atoms with E-state index in [0.717, 1.165) is 32.2 Å². The number of urea groups is 1. The first-order valence-corrected chi connectivity index (χ1v) is 14.7. The molecule has 3 rings (SSSR count). The zero-order valence-electron chi connectivity index (χ0n) is 22.7. The molecule has 1 aliphatic carbocycles. The maximum absolute atomic E-state index is 15.2. The maximum atomic E-state index is 15.2. The number of amides is 2. The van der Waals surface area contributed by atoms with Crippen LogP contribution < -0.4 is 10.6 Å². The smallest absolute Gasteiger partial charge is 0.317 e. The fraction of sp³-hybridized carbons (Fsp3) is 0.759. The number of rotatable bonds is 13. The van der Waals surface area contributed by atoms with Gasteiger partial charge in [-0.25, -0.2) is 9.18 Å². The average molecular weight is 540 g/mol. The third kappa shape index (κ3) is 8.54. The molecule has 1 aliphatic heterocycles. The Kier molecular flexibility index (Phi) is 12.4. The minimum atomic E-state index is -1.41. The summed E-state index contributed by atoms with van der Waals surface area (Å²) in [5, 5.41) is 18.5. The SMILES string of the molecule is CCOCCCC[C@@](O)(c1cccc(Cl)c1F)[C@@H]1CCCN(C(=O)NC(CNC)CC2CCCCC2)C1. The first-order chi connectivity index (χ1) is 17.9. The monoisotopic (exact) mass is 539 g/mol. The Labute approximate surface area is 227 Å². The quantitative estimate of drug-likeness (QED) is 0.275. The van der Waals surface area contributed by atoms with Crippen molar-refractivity contribution >= 4 is 17.6 Å². The van der Waals surface area contributed by atoms with E-state index < -0.39 is 11.4 Å². The van der Waals surface area contributed by atoms with Crippen LogP contribution in [0.15, 0.2) is 18.2 Å². The number of likely N-dealkylation sites (N-methyl/N-ethyl adjacent to an activating group) is 1. The molecule has 1 heterocycles. The number of nitrogens with zero attached hydrogens (tertiary/aromatic N) is 1. The summed E-state index contributed by atoms with van der Waals surface area (Å²) in [6.45, 7) is 4.96. The molecule has 37 heavy (non-hydrogen) atoms. The Morgan fingerprint density at radius 3 is 2.76 bits per heavy atom. The van der Waals surface area contributed by atoms with Gasteiger partial charge in [-0.1, -0.05) is 55.8 Å². The van der Waals surface area contributed by atoms with Crippen molar-refractivity contribution in [2.45, 2.75) is 89.2 Å². The molecule has 0 radical (unpaired) electrons. The van der Waals surface area contributed by atoms with E-state index in [1.165, 1.54) is 38.2 Å². The van der Waals surface area contributed by atoms with Crippen LogP contribution in [0.25, 0.3) is 0 Å². The summed E-state index contributed by atoms with van der Waals surface area (Å²) in [7, 11) is 1.92. The highest BCUT2D eigenvalue weighted by molar-refractivity contribution is 6.30. The number of hydrogen-bond donors (Lipinski definition) is 3. The van der Waals surface area contributed by atoms with E-state index in [4.69, 9.17) is 16.3 Å². The molecule has 8 heteroatoms. The third-order valence-electron chi connectivity index (χ3n) is 8.22. The maximum Gasteiger partial charge on any atom is 0.317 e. The van der Waals surface area contributed by atoms with E-state index in [-0.39, 0.29) is 28.6 Å². The Morgan fingerprint density at radius 1 is 1.24 bits per heavy atom. The molecule has 2 amide bonds. The van der Waals surface area contributed by atoms with Gasteiger partial charge >= 0.3 is 6.03 Å². The van der Waals surface area contributed by atoms with Gasteiger partial charge in [0.2, 0.25) is 0 Å². The highest BCUT2D eigenvalue weighted by Gasteiger charge is 2.43. The van der Waals surface area contributed by atoms with Crippen molar-refractivity contribution < 1.29 is 19.0 Å². The number of benzene rings is 1. The molecule has 0 spiro atoms. The lowest BCUT2D eigenvalue weighted by Gasteiger charge is -2.43. The van der Waals surface area contributed by atoms with Crippen LogP contribution >= 0.6 is 11.6 Å². The molecule has 3 N–H and O–H groups in total. The number of carbonyl (C=O) groups is 1. The summed E-state index contributed by atoms with van der Waals surface area (Å²) in [5.74, 6) is -0.193. The number of unbranched alkanes of at least 4 members (excludes halogenated alkanes) is 1. The van der Waals surface area contributed by atoms with E-state index in [0.29, 0.717) is 45.1 Å². The molecule has 1 unspecified atom stereocenters. The van der Waals surface area contributed by atoms with Gasteiger partial charge in [0.15, 0.2) is 0 Å². The molecular weight excluding hydrogens is 493 g/mol. The Hall–Kier alpha value is -1.41. The Bertz CT molecular complexity index is 839. The summed E-state index contributed by atoms with van der Waals surface area (Å²) >= 11 is 6.12. The molecule has 1 saturated carbocycles. The summed E-state index contributed by atoms with van der Waals surface area (Å²) in [5.41, 5.74) is -1.18. The molecule has 1 aromatic carbocycles. The third-order valence-corrected chi connectivity index (χ3v) is 8.52. The number of halogens is 2. The lowest BCUT2D eigenvalue weighted by Crippen LogP contribution is -2.54. The molecular formula is C29H47ClFN3O3. The number of piperidine rings is 1. The van der Waals surface area contributed by atoms with Crippen LogP contribution in [0.1, 0.15) is 83.1 Å². The van der Waals surface area contributed by atoms with Crippen LogP contribution in [0.2, 0.25) is 5.02 Å². The Balaban J connectivity index is 1.71. The van der Waals surface area contributed by atoms with E-state index in [1.807, 2.05) is 18.9 Å². The normalized spacial score (nSPS) is 21.4. The van der Waals surface area contributed by atoms with Crippen molar-refractivity contribution in [1.29, 1.82) is 0 Å². The molecule has 1 aromatic rings. The average Bonchev–Trinajstić information content (AvgIpc) is 2.90. The van der Waals surface area contributed by atoms with E-state index >= 15 is 4.39 Å². The van der Waals surface area contributed by atoms with Crippen molar-refractivity contribution in [3.05, 3.63) is 34.6 Å². The zero-order valence-corrected chi connectivity index (χ0v) is 23.5. The highest BCUT2D eigenvalue weighted by Crippen LogP contribution is 2.42. The fourth-order valence-electron chi connectivity index (χ4n) is 6.22. The van der Waals surface area contributed by atoms with Crippen LogP contribution in [-0.4, -0.2) is 62.0 Å². The van der Waals surface area contributed by atoms with Gasteiger partial charge in [-0.05, 0) is 64.5 Å². The fourth-order valence-corrected chi connectivity index (χ4v) is 6.40. The molecule has 1 saturated heterocycles. The van der Waals surface area contributed by atoms with Gasteiger partial charge in [-0.2, -0.15) is 0 Å². The molecule has 3 atom stereocenters. The van der Waals surface area contributed by atoms with Crippen LogP contribution in [0.4, 0.5) is 9.18 Å². The van der Waals surface area contributed by atoms with Crippen molar-refractivity contribution in [2.75, 3.05) is 39.9 Å². The minimum absolute atomic E-state index is 0.00766. The molecule has 2 aliphatic rings. The van der Waals surface area contributed by atoms with Crippen molar-refractivity contribution in [3.8, 4) is 0 Å². The minimum Gasteiger partial charge on any atom is -0.385 e. The van der Waals surface area contributed by atoms with Gasteiger partial charge in [0.05, 0.1) is 10.6 Å². The number of ether oxygens (including phenoxy) is 1. The lowest BCUT2D eigenvalue weighted by atomic mass is 9.74. The van der Waals surface area contributed by atoms with Gasteiger partial charge in [0.1, 0.15) is 5.82 Å². The number of nitrogens with one attached hydrogen (secondary N) is 2. The molecule has 210 valence electrons. The van der Waals surface area contributed by atoms with Crippen LogP contribution in [-0.2, 0) is 10.3 Å². The van der Waals surface area contributed by atoms with Gasteiger partial charge in [0, 0.05) is 50.4 Å². The van der Waals surface area contributed by atoms with Crippen LogP contribution in [0.3, 0.4) is 0 Å². The second-order valence-electron chi connectivity index (χ2n) is 10.9. The van der Waals surface area contributed by atoms with Crippen LogP contribution in [0, 0.1) is 17.7 Å². The molecule has 0 bridgehead atoms. The standard InChI is InChI=1S/C29H47ClFN3O3/c1-3-37-18-8-7-16-29(36,25-14-9-15-26(30)27(25)31)23-13-10-17-34(21-23)28(35)33-24(20-32-2)19-22-11-5-4-6-12-22/h9,14-15,22-24,32,36H,3-8,10-13,16-21H2,1-2H3,(H,33,35)/t23-,24?,29+/m1/s1. The van der Waals surface area contributed by atoms with Crippen LogP contribution in [0.5, 0.6) is 0 Å². The zero-order chi connectivity index (χ0) is 26.7.